The Kier molecular flexibility index (Phi) is 5.95. The Balaban J connectivity index is 1.37. The van der Waals surface area contributed by atoms with Gasteiger partial charge in [-0.2, -0.15) is 5.10 Å². The van der Waals surface area contributed by atoms with Crippen molar-refractivity contribution in [2.75, 3.05) is 16.8 Å². The van der Waals surface area contributed by atoms with Crippen LogP contribution in [0.4, 0.5) is 11.5 Å². The highest BCUT2D eigenvalue weighted by molar-refractivity contribution is 6.30. The van der Waals surface area contributed by atoms with Crippen LogP contribution >= 0.6 is 11.6 Å². The van der Waals surface area contributed by atoms with Crippen molar-refractivity contribution in [1.82, 2.24) is 9.78 Å². The van der Waals surface area contributed by atoms with Crippen LogP contribution in [0.25, 0.3) is 6.08 Å². The molecule has 6 nitrogen and oxygen atoms in total. The number of carbonyl (C=O) groups excluding carboxylic acids is 2. The van der Waals surface area contributed by atoms with Gasteiger partial charge < -0.3 is 10.2 Å². The third-order valence-corrected chi connectivity index (χ3v) is 5.17. The molecule has 0 unspecified atom stereocenters. The first-order valence-electron chi connectivity index (χ1n) is 9.74. The topological polar surface area (TPSA) is 67.2 Å². The first-order chi connectivity index (χ1) is 14.6. The molecule has 2 amide bonds. The van der Waals surface area contributed by atoms with Gasteiger partial charge in [0.2, 0.25) is 11.8 Å². The van der Waals surface area contributed by atoms with E-state index >= 15 is 0 Å². The first kappa shape index (κ1) is 19.9. The van der Waals surface area contributed by atoms with E-state index in [9.17, 15) is 9.59 Å². The molecule has 7 heteroatoms. The SMILES string of the molecule is O=C(/C=C/c1ccc(N2CCCC2=O)cc1)Nc1ccnn1Cc1ccc(Cl)cc1. The van der Waals surface area contributed by atoms with Gasteiger partial charge in [-0.25, -0.2) is 4.68 Å². The molecule has 0 atom stereocenters. The Hall–Kier alpha value is -3.38. The van der Waals surface area contributed by atoms with Crippen LogP contribution in [0.15, 0.2) is 66.9 Å². The van der Waals surface area contributed by atoms with Gasteiger partial charge in [0, 0.05) is 35.8 Å². The van der Waals surface area contributed by atoms with Gasteiger partial charge in [-0.1, -0.05) is 35.9 Å². The van der Waals surface area contributed by atoms with Crippen LogP contribution in [0.1, 0.15) is 24.0 Å². The highest BCUT2D eigenvalue weighted by atomic mass is 35.5. The van der Waals surface area contributed by atoms with E-state index in [1.165, 1.54) is 6.08 Å². The fourth-order valence-corrected chi connectivity index (χ4v) is 3.48. The van der Waals surface area contributed by atoms with Crippen molar-refractivity contribution >= 4 is 41.0 Å². The molecule has 3 aromatic rings. The summed E-state index contributed by atoms with van der Waals surface area (Å²) in [6, 6.07) is 16.9. The van der Waals surface area contributed by atoms with E-state index in [1.807, 2.05) is 48.5 Å². The fourth-order valence-electron chi connectivity index (χ4n) is 3.35. The quantitative estimate of drug-likeness (QED) is 0.602. The third-order valence-electron chi connectivity index (χ3n) is 4.92. The molecule has 2 heterocycles. The van der Waals surface area contributed by atoms with E-state index < -0.39 is 0 Å². The normalized spacial score (nSPS) is 13.9. The zero-order valence-corrected chi connectivity index (χ0v) is 17.0. The number of carbonyl (C=O) groups is 2. The van der Waals surface area contributed by atoms with Gasteiger partial charge in [0.1, 0.15) is 5.82 Å². The Morgan fingerprint density at radius 1 is 1.10 bits per heavy atom. The lowest BCUT2D eigenvalue weighted by Gasteiger charge is -2.15. The molecule has 0 bridgehead atoms. The second-order valence-electron chi connectivity index (χ2n) is 7.06. The first-order valence-corrected chi connectivity index (χ1v) is 10.1. The summed E-state index contributed by atoms with van der Waals surface area (Å²) in [4.78, 5) is 26.0. The van der Waals surface area contributed by atoms with Gasteiger partial charge in [0.05, 0.1) is 12.7 Å². The van der Waals surface area contributed by atoms with Crippen molar-refractivity contribution in [2.45, 2.75) is 19.4 Å². The summed E-state index contributed by atoms with van der Waals surface area (Å²) >= 11 is 5.92. The van der Waals surface area contributed by atoms with Crippen LogP contribution < -0.4 is 10.2 Å². The van der Waals surface area contributed by atoms with Gasteiger partial charge in [0.15, 0.2) is 0 Å². The van der Waals surface area contributed by atoms with Crippen LogP contribution in [0.2, 0.25) is 5.02 Å². The molecule has 1 aromatic heterocycles. The van der Waals surface area contributed by atoms with Crippen molar-refractivity contribution < 1.29 is 9.59 Å². The maximum Gasteiger partial charge on any atom is 0.249 e. The number of anilines is 2. The largest absolute Gasteiger partial charge is 0.312 e. The molecule has 1 aliphatic rings. The summed E-state index contributed by atoms with van der Waals surface area (Å²) in [5, 5.41) is 7.80. The van der Waals surface area contributed by atoms with Crippen molar-refractivity contribution in [1.29, 1.82) is 0 Å². The van der Waals surface area contributed by atoms with Crippen LogP contribution in [0.3, 0.4) is 0 Å². The zero-order chi connectivity index (χ0) is 20.9. The van der Waals surface area contributed by atoms with Crippen LogP contribution in [0.5, 0.6) is 0 Å². The standard InChI is InChI=1S/C23H21ClN4O2/c24-19-8-3-18(4-9-19)16-28-21(13-14-25-28)26-22(29)12-7-17-5-10-20(11-6-17)27-15-1-2-23(27)30/h3-14H,1-2,15-16H2,(H,26,29)/b12-7+. The number of hydrogen-bond donors (Lipinski definition) is 1. The van der Waals surface area contributed by atoms with Gasteiger partial charge in [-0.05, 0) is 47.9 Å². The lowest BCUT2D eigenvalue weighted by molar-refractivity contribution is -0.117. The van der Waals surface area contributed by atoms with Gasteiger partial charge in [-0.3, -0.25) is 9.59 Å². The zero-order valence-electron chi connectivity index (χ0n) is 16.3. The number of benzene rings is 2. The number of rotatable bonds is 6. The van der Waals surface area contributed by atoms with E-state index in [0.29, 0.717) is 23.8 Å². The minimum atomic E-state index is -0.244. The monoisotopic (exact) mass is 420 g/mol. The van der Waals surface area contributed by atoms with Crippen molar-refractivity contribution in [3.63, 3.8) is 0 Å². The summed E-state index contributed by atoms with van der Waals surface area (Å²) < 4.78 is 1.72. The molecule has 0 spiro atoms. The summed E-state index contributed by atoms with van der Waals surface area (Å²) in [5.74, 6) is 0.530. The third kappa shape index (κ3) is 4.78. The second kappa shape index (κ2) is 8.97. The average Bonchev–Trinajstić information content (AvgIpc) is 3.37. The highest BCUT2D eigenvalue weighted by Gasteiger charge is 2.21. The number of halogens is 1. The number of nitrogens with zero attached hydrogens (tertiary/aromatic N) is 3. The van der Waals surface area contributed by atoms with Crippen molar-refractivity contribution in [3.05, 3.63) is 83.0 Å². The Morgan fingerprint density at radius 3 is 2.57 bits per heavy atom. The van der Waals surface area contributed by atoms with E-state index in [-0.39, 0.29) is 11.8 Å². The summed E-state index contributed by atoms with van der Waals surface area (Å²) in [6.45, 7) is 1.29. The van der Waals surface area contributed by atoms with E-state index in [0.717, 1.165) is 29.8 Å². The predicted octanol–water partition coefficient (Wildman–Crippen LogP) is 4.36. The van der Waals surface area contributed by atoms with Crippen molar-refractivity contribution in [3.8, 4) is 0 Å². The number of aromatic nitrogens is 2. The number of nitrogens with one attached hydrogen (secondary N) is 1. The minimum absolute atomic E-state index is 0.160. The van der Waals surface area contributed by atoms with Crippen molar-refractivity contribution in [2.24, 2.45) is 0 Å². The molecule has 1 aliphatic heterocycles. The predicted molar refractivity (Wildman–Crippen MR) is 118 cm³/mol. The molecule has 1 saturated heterocycles. The van der Waals surface area contributed by atoms with E-state index in [4.69, 9.17) is 11.6 Å². The van der Waals surface area contributed by atoms with Gasteiger partial charge in [-0.15, -0.1) is 0 Å². The Labute approximate surface area is 179 Å². The van der Waals surface area contributed by atoms with Gasteiger partial charge >= 0.3 is 0 Å². The molecular formula is C23H21ClN4O2. The molecule has 1 fully saturated rings. The molecule has 30 heavy (non-hydrogen) atoms. The van der Waals surface area contributed by atoms with Gasteiger partial charge in [0.25, 0.3) is 0 Å². The average molecular weight is 421 g/mol. The number of amides is 2. The lowest BCUT2D eigenvalue weighted by atomic mass is 10.2. The van der Waals surface area contributed by atoms with Crippen LogP contribution in [0, 0.1) is 0 Å². The summed E-state index contributed by atoms with van der Waals surface area (Å²) in [6.07, 6.45) is 6.37. The number of hydrogen-bond acceptors (Lipinski definition) is 3. The molecular weight excluding hydrogens is 400 g/mol. The molecule has 152 valence electrons. The maximum absolute atomic E-state index is 12.3. The van der Waals surface area contributed by atoms with Crippen LogP contribution in [-0.4, -0.2) is 28.1 Å². The van der Waals surface area contributed by atoms with E-state index in [1.54, 1.807) is 27.9 Å². The second-order valence-corrected chi connectivity index (χ2v) is 7.50. The summed E-state index contributed by atoms with van der Waals surface area (Å²) in [5.41, 5.74) is 2.81. The molecule has 0 saturated carbocycles. The molecule has 1 N–H and O–H groups in total. The Morgan fingerprint density at radius 2 is 1.87 bits per heavy atom. The lowest BCUT2D eigenvalue weighted by Crippen LogP contribution is -2.23. The van der Waals surface area contributed by atoms with E-state index in [2.05, 4.69) is 10.4 Å². The van der Waals surface area contributed by atoms with Crippen LogP contribution in [-0.2, 0) is 16.1 Å². The molecule has 4 rings (SSSR count). The molecule has 0 radical (unpaired) electrons. The molecule has 2 aromatic carbocycles. The minimum Gasteiger partial charge on any atom is -0.312 e. The Bertz CT molecular complexity index is 1070. The molecule has 0 aliphatic carbocycles. The smallest absolute Gasteiger partial charge is 0.249 e. The maximum atomic E-state index is 12.3. The fraction of sp³-hybridized carbons (Fsp3) is 0.174. The highest BCUT2D eigenvalue weighted by Crippen LogP contribution is 2.22. The summed E-state index contributed by atoms with van der Waals surface area (Å²) in [7, 11) is 0.